The van der Waals surface area contributed by atoms with Crippen LogP contribution in [0.15, 0.2) is 155 Å². The number of benzene rings is 7. The highest BCUT2D eigenvalue weighted by atomic mass is 16.3. The van der Waals surface area contributed by atoms with Crippen molar-refractivity contribution in [3.05, 3.63) is 146 Å². The number of furan rings is 2. The predicted molar refractivity (Wildman–Crippen MR) is 175 cm³/mol. The highest BCUT2D eigenvalue weighted by Crippen LogP contribution is 2.50. The molecule has 2 heteroatoms. The van der Waals surface area contributed by atoms with Crippen LogP contribution in [0.3, 0.4) is 0 Å². The highest BCUT2D eigenvalue weighted by molar-refractivity contribution is 6.28. The molecule has 0 N–H and O–H groups in total. The van der Waals surface area contributed by atoms with E-state index >= 15 is 0 Å². The monoisotopic (exact) mass is 536 g/mol. The molecule has 7 aromatic carbocycles. The van der Waals surface area contributed by atoms with Crippen LogP contribution >= 0.6 is 0 Å². The average Bonchev–Trinajstić information content (AvgIpc) is 3.68. The smallest absolute Gasteiger partial charge is 0.144 e. The molecule has 0 aliphatic heterocycles. The van der Waals surface area contributed by atoms with Gasteiger partial charge in [-0.05, 0) is 62.0 Å². The molecule has 42 heavy (non-hydrogen) atoms. The van der Waals surface area contributed by atoms with Crippen molar-refractivity contribution in [1.82, 2.24) is 0 Å². The molecule has 0 unspecified atom stereocenters. The van der Waals surface area contributed by atoms with E-state index in [1.54, 1.807) is 6.26 Å². The van der Waals surface area contributed by atoms with E-state index in [9.17, 15) is 0 Å². The second-order valence-corrected chi connectivity index (χ2v) is 10.8. The summed E-state index contributed by atoms with van der Waals surface area (Å²) in [5.41, 5.74) is 9.75. The molecule has 2 nitrogen and oxygen atoms in total. The third-order valence-corrected chi connectivity index (χ3v) is 8.56. The van der Waals surface area contributed by atoms with Crippen LogP contribution in [0, 0.1) is 0 Å². The number of hydrogen-bond donors (Lipinski definition) is 0. The number of rotatable bonds is 3. The van der Waals surface area contributed by atoms with Gasteiger partial charge in [0.25, 0.3) is 0 Å². The van der Waals surface area contributed by atoms with Gasteiger partial charge in [-0.1, -0.05) is 121 Å². The van der Waals surface area contributed by atoms with E-state index in [1.807, 2.05) is 12.1 Å². The van der Waals surface area contributed by atoms with Crippen molar-refractivity contribution < 1.29 is 8.83 Å². The van der Waals surface area contributed by atoms with Crippen LogP contribution in [-0.2, 0) is 0 Å². The fourth-order valence-corrected chi connectivity index (χ4v) is 6.79. The Bertz CT molecular complexity index is 2400. The van der Waals surface area contributed by atoms with Gasteiger partial charge >= 0.3 is 0 Å². The maximum absolute atomic E-state index is 6.66. The quantitative estimate of drug-likeness (QED) is 0.210. The Hall–Kier alpha value is -5.60. The van der Waals surface area contributed by atoms with Gasteiger partial charge in [0.05, 0.1) is 6.26 Å². The first-order valence-electron chi connectivity index (χ1n) is 14.3. The first-order valence-corrected chi connectivity index (χ1v) is 14.3. The molecule has 9 rings (SSSR count). The summed E-state index contributed by atoms with van der Waals surface area (Å²) in [6.45, 7) is 0. The molecule has 196 valence electrons. The summed E-state index contributed by atoms with van der Waals surface area (Å²) in [4.78, 5) is 0. The Morgan fingerprint density at radius 1 is 0.357 bits per heavy atom. The Kier molecular flexibility index (Phi) is 4.93. The minimum atomic E-state index is 0.857. The minimum absolute atomic E-state index is 0.857. The van der Waals surface area contributed by atoms with Gasteiger partial charge in [-0.3, -0.25) is 0 Å². The second-order valence-electron chi connectivity index (χ2n) is 10.8. The zero-order valence-corrected chi connectivity index (χ0v) is 22.7. The third kappa shape index (κ3) is 3.27. The van der Waals surface area contributed by atoms with Gasteiger partial charge in [0, 0.05) is 27.3 Å². The number of para-hydroxylation sites is 1. The third-order valence-electron chi connectivity index (χ3n) is 8.56. The van der Waals surface area contributed by atoms with Crippen LogP contribution in [0.25, 0.3) is 87.8 Å². The van der Waals surface area contributed by atoms with Crippen molar-refractivity contribution in [3.8, 4) is 33.4 Å². The van der Waals surface area contributed by atoms with Gasteiger partial charge < -0.3 is 8.83 Å². The molecule has 0 aliphatic rings. The van der Waals surface area contributed by atoms with Crippen LogP contribution in [-0.4, -0.2) is 0 Å². The van der Waals surface area contributed by atoms with Crippen LogP contribution in [0.4, 0.5) is 0 Å². The lowest BCUT2D eigenvalue weighted by Gasteiger charge is -2.20. The lowest BCUT2D eigenvalue weighted by atomic mass is 9.83. The zero-order chi connectivity index (χ0) is 27.6. The molecule has 2 aromatic heterocycles. The van der Waals surface area contributed by atoms with Crippen molar-refractivity contribution in [1.29, 1.82) is 0 Å². The van der Waals surface area contributed by atoms with Crippen molar-refractivity contribution in [2.75, 3.05) is 0 Å². The molecule has 0 spiro atoms. The van der Waals surface area contributed by atoms with Crippen LogP contribution in [0.2, 0.25) is 0 Å². The van der Waals surface area contributed by atoms with Gasteiger partial charge in [0.15, 0.2) is 0 Å². The molecule has 0 saturated carbocycles. The van der Waals surface area contributed by atoms with Gasteiger partial charge in [-0.15, -0.1) is 0 Å². The summed E-state index contributed by atoms with van der Waals surface area (Å²) in [6, 6.07) is 49.4. The minimum Gasteiger partial charge on any atom is -0.464 e. The summed E-state index contributed by atoms with van der Waals surface area (Å²) in [5.74, 6) is 0. The Labute approximate surface area is 242 Å². The molecular formula is C40H24O2. The summed E-state index contributed by atoms with van der Waals surface area (Å²) >= 11 is 0. The lowest BCUT2D eigenvalue weighted by Crippen LogP contribution is -1.93. The fraction of sp³-hybridized carbons (Fsp3) is 0. The average molecular weight is 537 g/mol. The van der Waals surface area contributed by atoms with E-state index in [2.05, 4.69) is 127 Å². The van der Waals surface area contributed by atoms with E-state index in [4.69, 9.17) is 8.83 Å². The van der Waals surface area contributed by atoms with Crippen molar-refractivity contribution in [2.45, 2.75) is 0 Å². The molecule has 0 saturated heterocycles. The molecule has 0 radical (unpaired) electrons. The fourth-order valence-electron chi connectivity index (χ4n) is 6.79. The molecule has 2 heterocycles. The normalized spacial score (nSPS) is 11.8. The lowest BCUT2D eigenvalue weighted by molar-refractivity contribution is 0.616. The second kappa shape index (κ2) is 8.95. The van der Waals surface area contributed by atoms with E-state index in [-0.39, 0.29) is 0 Å². The van der Waals surface area contributed by atoms with Crippen molar-refractivity contribution >= 4 is 54.5 Å². The molecule has 9 aromatic rings. The number of hydrogen-bond acceptors (Lipinski definition) is 2. The Balaban J connectivity index is 1.48. The summed E-state index contributed by atoms with van der Waals surface area (Å²) in [7, 11) is 0. The highest BCUT2D eigenvalue weighted by Gasteiger charge is 2.24. The molecule has 0 bridgehead atoms. The van der Waals surface area contributed by atoms with Gasteiger partial charge in [-0.25, -0.2) is 0 Å². The van der Waals surface area contributed by atoms with Crippen molar-refractivity contribution in [3.63, 3.8) is 0 Å². The first-order chi connectivity index (χ1) is 20.9. The zero-order valence-electron chi connectivity index (χ0n) is 22.7. The number of fused-ring (bicyclic) bond motifs is 6. The summed E-state index contributed by atoms with van der Waals surface area (Å²) < 4.78 is 12.7. The molecule has 0 fully saturated rings. The van der Waals surface area contributed by atoms with Crippen molar-refractivity contribution in [2.24, 2.45) is 0 Å². The standard InChI is InChI=1S/C40H24O2/c1-2-12-25(13-3-1)26-14-4-5-16-28(26)37-29-17-6-8-19-31(29)38(32-20-9-7-18-30(32)37)39-33-22-23-41-36(33)24-34-27-15-10-11-21-35(27)42-40(34)39/h1-24H. The maximum atomic E-state index is 6.66. The Morgan fingerprint density at radius 3 is 1.64 bits per heavy atom. The topological polar surface area (TPSA) is 26.3 Å². The summed E-state index contributed by atoms with van der Waals surface area (Å²) in [6.07, 6.45) is 1.78. The molecule has 0 amide bonds. The first kappa shape index (κ1) is 23.1. The largest absolute Gasteiger partial charge is 0.464 e. The van der Waals surface area contributed by atoms with Crippen LogP contribution in [0.5, 0.6) is 0 Å². The van der Waals surface area contributed by atoms with Crippen LogP contribution in [0.1, 0.15) is 0 Å². The molecule has 0 atom stereocenters. The molecule has 0 aliphatic carbocycles. The van der Waals surface area contributed by atoms with E-state index in [0.717, 1.165) is 44.0 Å². The SMILES string of the molecule is c1ccc(-c2ccccc2-c2c3ccccc3c(-c3c4ccoc4cc4c3oc3ccccc34)c3ccccc23)cc1. The van der Waals surface area contributed by atoms with Gasteiger partial charge in [-0.2, -0.15) is 0 Å². The van der Waals surface area contributed by atoms with Gasteiger partial charge in [0.2, 0.25) is 0 Å². The van der Waals surface area contributed by atoms with Gasteiger partial charge in [0.1, 0.15) is 16.7 Å². The van der Waals surface area contributed by atoms with E-state index in [0.29, 0.717) is 0 Å². The van der Waals surface area contributed by atoms with Crippen LogP contribution < -0.4 is 0 Å². The maximum Gasteiger partial charge on any atom is 0.144 e. The van der Waals surface area contributed by atoms with E-state index < -0.39 is 0 Å². The summed E-state index contributed by atoms with van der Waals surface area (Å²) in [5, 5.41) is 7.99. The molecular weight excluding hydrogens is 512 g/mol. The van der Waals surface area contributed by atoms with E-state index in [1.165, 1.54) is 43.8 Å². The Morgan fingerprint density at radius 2 is 0.929 bits per heavy atom. The predicted octanol–water partition coefficient (Wildman–Crippen LogP) is 11.6.